The van der Waals surface area contributed by atoms with E-state index in [-0.39, 0.29) is 11.5 Å². The molecular weight excluding hydrogens is 170 g/mol. The molecule has 0 aromatic carbocycles. The van der Waals surface area contributed by atoms with Crippen molar-refractivity contribution in [2.45, 2.75) is 13.8 Å². The molecule has 0 radical (unpaired) electrons. The average Bonchev–Trinajstić information content (AvgIpc) is 2.10. The van der Waals surface area contributed by atoms with Gasteiger partial charge in [-0.05, 0) is 13.8 Å². The van der Waals surface area contributed by atoms with E-state index in [1.807, 2.05) is 5.43 Å². The Morgan fingerprint density at radius 3 is 2.38 bits per heavy atom. The van der Waals surface area contributed by atoms with Gasteiger partial charge in [0.05, 0.1) is 11.4 Å². The molecule has 70 valence electrons. The molecule has 1 heterocycles. The van der Waals surface area contributed by atoms with Gasteiger partial charge in [-0.15, -0.1) is 0 Å². The number of hydrazine groups is 1. The first kappa shape index (κ1) is 9.40. The van der Waals surface area contributed by atoms with E-state index in [0.29, 0.717) is 11.4 Å². The van der Waals surface area contributed by atoms with Crippen molar-refractivity contribution in [3.8, 4) is 0 Å². The molecule has 0 aliphatic carbocycles. The normalized spacial score (nSPS) is 9.77. The maximum absolute atomic E-state index is 11.1. The molecule has 0 bridgehead atoms. The first-order valence-electron chi connectivity index (χ1n) is 3.68. The molecule has 0 spiro atoms. The van der Waals surface area contributed by atoms with Crippen molar-refractivity contribution in [3.63, 3.8) is 0 Å². The molecule has 1 rings (SSSR count). The van der Waals surface area contributed by atoms with Gasteiger partial charge in [0.25, 0.3) is 5.91 Å². The van der Waals surface area contributed by atoms with Crippen molar-refractivity contribution >= 4 is 11.7 Å². The second kappa shape index (κ2) is 3.36. The van der Waals surface area contributed by atoms with Gasteiger partial charge in [-0.1, -0.05) is 0 Å². The summed E-state index contributed by atoms with van der Waals surface area (Å²) in [5, 5.41) is 0. The number of hydrogen-bond acceptors (Lipinski definition) is 5. The van der Waals surface area contributed by atoms with Gasteiger partial charge in [-0.25, -0.2) is 15.8 Å². The number of carbonyl (C=O) groups excluding carboxylic acids is 1. The molecule has 5 N–H and O–H groups in total. The van der Waals surface area contributed by atoms with Crippen LogP contribution in [0.5, 0.6) is 0 Å². The van der Waals surface area contributed by atoms with Crippen molar-refractivity contribution < 1.29 is 4.79 Å². The largest absolute Gasteiger partial charge is 0.382 e. The Kier molecular flexibility index (Phi) is 2.43. The SMILES string of the molecule is Cc1nc(N)c(C(=O)NN)nc1C. The molecule has 0 unspecified atom stereocenters. The first-order chi connectivity index (χ1) is 6.06. The zero-order valence-electron chi connectivity index (χ0n) is 7.46. The molecule has 0 atom stereocenters. The van der Waals surface area contributed by atoms with Gasteiger partial charge in [0, 0.05) is 0 Å². The van der Waals surface area contributed by atoms with Crippen LogP contribution in [0, 0.1) is 13.8 Å². The highest BCUT2D eigenvalue weighted by molar-refractivity contribution is 5.95. The van der Waals surface area contributed by atoms with Crippen LogP contribution in [0.1, 0.15) is 21.9 Å². The predicted molar refractivity (Wildman–Crippen MR) is 47.6 cm³/mol. The molecule has 0 aliphatic rings. The van der Waals surface area contributed by atoms with E-state index in [9.17, 15) is 4.79 Å². The highest BCUT2D eigenvalue weighted by Crippen LogP contribution is 2.08. The lowest BCUT2D eigenvalue weighted by Crippen LogP contribution is -2.32. The van der Waals surface area contributed by atoms with Gasteiger partial charge >= 0.3 is 0 Å². The quantitative estimate of drug-likeness (QED) is 0.301. The lowest BCUT2D eigenvalue weighted by molar-refractivity contribution is 0.0949. The highest BCUT2D eigenvalue weighted by Gasteiger charge is 2.12. The van der Waals surface area contributed by atoms with Crippen molar-refractivity contribution in [1.82, 2.24) is 15.4 Å². The lowest BCUT2D eigenvalue weighted by atomic mass is 10.3. The van der Waals surface area contributed by atoms with E-state index in [0.717, 1.165) is 0 Å². The van der Waals surface area contributed by atoms with E-state index in [4.69, 9.17) is 11.6 Å². The summed E-state index contributed by atoms with van der Waals surface area (Å²) in [6, 6.07) is 0. The number of rotatable bonds is 1. The molecule has 1 aromatic heterocycles. The van der Waals surface area contributed by atoms with Gasteiger partial charge in [0.1, 0.15) is 0 Å². The minimum absolute atomic E-state index is 0.0607. The van der Waals surface area contributed by atoms with Crippen LogP contribution in [0.4, 0.5) is 5.82 Å². The van der Waals surface area contributed by atoms with Crippen LogP contribution >= 0.6 is 0 Å². The molecule has 6 heteroatoms. The molecule has 0 fully saturated rings. The minimum Gasteiger partial charge on any atom is -0.382 e. The van der Waals surface area contributed by atoms with Crippen LogP contribution in [0.15, 0.2) is 0 Å². The molecule has 1 amide bonds. The second-order valence-corrected chi connectivity index (χ2v) is 2.60. The lowest BCUT2D eigenvalue weighted by Gasteiger charge is -2.05. The van der Waals surface area contributed by atoms with E-state index in [2.05, 4.69) is 9.97 Å². The van der Waals surface area contributed by atoms with Gasteiger partial charge < -0.3 is 5.73 Å². The summed E-state index contributed by atoms with van der Waals surface area (Å²) < 4.78 is 0. The fourth-order valence-electron chi connectivity index (χ4n) is 0.856. The zero-order valence-corrected chi connectivity index (χ0v) is 7.46. The maximum Gasteiger partial charge on any atom is 0.287 e. The number of nitrogen functional groups attached to an aromatic ring is 2. The third kappa shape index (κ3) is 1.73. The Morgan fingerprint density at radius 1 is 1.31 bits per heavy atom. The van der Waals surface area contributed by atoms with Crippen LogP contribution < -0.4 is 17.0 Å². The Balaban J connectivity index is 3.23. The summed E-state index contributed by atoms with van der Waals surface area (Å²) in [6.07, 6.45) is 0. The van der Waals surface area contributed by atoms with Crippen molar-refractivity contribution in [1.29, 1.82) is 0 Å². The molecule has 13 heavy (non-hydrogen) atoms. The Morgan fingerprint density at radius 2 is 1.85 bits per heavy atom. The third-order valence-electron chi connectivity index (χ3n) is 1.68. The Hall–Kier alpha value is -1.69. The number of aryl methyl sites for hydroxylation is 2. The minimum atomic E-state index is -0.534. The van der Waals surface area contributed by atoms with Crippen LogP contribution in [0.2, 0.25) is 0 Å². The van der Waals surface area contributed by atoms with Gasteiger partial charge in [0.15, 0.2) is 11.5 Å². The van der Waals surface area contributed by atoms with Crippen LogP contribution in [0.25, 0.3) is 0 Å². The topological polar surface area (TPSA) is 107 Å². The summed E-state index contributed by atoms with van der Waals surface area (Å²) >= 11 is 0. The number of hydrogen-bond donors (Lipinski definition) is 3. The van der Waals surface area contributed by atoms with E-state index in [1.165, 1.54) is 0 Å². The molecule has 6 nitrogen and oxygen atoms in total. The van der Waals surface area contributed by atoms with E-state index < -0.39 is 5.91 Å². The monoisotopic (exact) mass is 181 g/mol. The van der Waals surface area contributed by atoms with Gasteiger partial charge in [-0.3, -0.25) is 10.2 Å². The summed E-state index contributed by atoms with van der Waals surface area (Å²) in [5.74, 6) is 4.49. The third-order valence-corrected chi connectivity index (χ3v) is 1.68. The molecular formula is C7H11N5O. The van der Waals surface area contributed by atoms with Crippen LogP contribution in [0.3, 0.4) is 0 Å². The number of aromatic nitrogens is 2. The predicted octanol–water partition coefficient (Wildman–Crippen LogP) is -0.721. The van der Waals surface area contributed by atoms with Gasteiger partial charge in [-0.2, -0.15) is 0 Å². The zero-order chi connectivity index (χ0) is 10.0. The second-order valence-electron chi connectivity index (χ2n) is 2.60. The molecule has 0 aliphatic heterocycles. The molecule has 0 saturated carbocycles. The van der Waals surface area contributed by atoms with Crippen molar-refractivity contribution in [3.05, 3.63) is 17.1 Å². The Bertz CT molecular complexity index is 349. The van der Waals surface area contributed by atoms with E-state index >= 15 is 0 Å². The maximum atomic E-state index is 11.1. The average molecular weight is 181 g/mol. The fraction of sp³-hybridized carbons (Fsp3) is 0.286. The number of nitrogens with one attached hydrogen (secondary N) is 1. The summed E-state index contributed by atoms with van der Waals surface area (Å²) in [6.45, 7) is 3.51. The highest BCUT2D eigenvalue weighted by atomic mass is 16.2. The Labute approximate surface area is 75.3 Å². The number of nitrogens with zero attached hydrogens (tertiary/aromatic N) is 2. The smallest absolute Gasteiger partial charge is 0.287 e. The fourth-order valence-corrected chi connectivity index (χ4v) is 0.856. The molecule has 1 aromatic rings. The van der Waals surface area contributed by atoms with Crippen LogP contribution in [-0.2, 0) is 0 Å². The summed E-state index contributed by atoms with van der Waals surface area (Å²) in [4.78, 5) is 19.0. The van der Waals surface area contributed by atoms with Crippen LogP contribution in [-0.4, -0.2) is 15.9 Å². The van der Waals surface area contributed by atoms with Crippen molar-refractivity contribution in [2.24, 2.45) is 5.84 Å². The summed E-state index contributed by atoms with van der Waals surface area (Å²) in [7, 11) is 0. The number of carbonyl (C=O) groups is 1. The van der Waals surface area contributed by atoms with Gasteiger partial charge in [0.2, 0.25) is 0 Å². The standard InChI is InChI=1S/C7H11N5O/c1-3-4(2)11-6(8)5(10-3)7(13)12-9/h9H2,1-2H3,(H2,8,11)(H,12,13). The number of amides is 1. The summed E-state index contributed by atoms with van der Waals surface area (Å²) in [5.41, 5.74) is 8.84. The first-order valence-corrected chi connectivity index (χ1v) is 3.68. The number of nitrogens with two attached hydrogens (primary N) is 2. The van der Waals surface area contributed by atoms with E-state index in [1.54, 1.807) is 13.8 Å². The molecule has 0 saturated heterocycles. The number of anilines is 1. The van der Waals surface area contributed by atoms with Crippen molar-refractivity contribution in [2.75, 3.05) is 5.73 Å².